The van der Waals surface area contributed by atoms with E-state index in [-0.39, 0.29) is 29.4 Å². The number of rotatable bonds is 7. The average Bonchev–Trinajstić information content (AvgIpc) is 2.75. The van der Waals surface area contributed by atoms with Crippen molar-refractivity contribution in [2.24, 2.45) is 5.73 Å². The zero-order valence-electron chi connectivity index (χ0n) is 17.6. The van der Waals surface area contributed by atoms with E-state index in [2.05, 4.69) is 10.6 Å². The largest absolute Gasteiger partial charge is 0.456 e. The van der Waals surface area contributed by atoms with E-state index in [4.69, 9.17) is 10.5 Å². The van der Waals surface area contributed by atoms with Crippen LogP contribution < -0.4 is 21.1 Å². The van der Waals surface area contributed by atoms with E-state index in [9.17, 15) is 31.5 Å². The molecule has 34 heavy (non-hydrogen) atoms. The van der Waals surface area contributed by atoms with Gasteiger partial charge in [0.1, 0.15) is 23.1 Å². The van der Waals surface area contributed by atoms with Gasteiger partial charge in [-0.2, -0.15) is 13.2 Å². The molecule has 3 rings (SSSR count). The maximum atomic E-state index is 13.9. The van der Waals surface area contributed by atoms with E-state index in [0.29, 0.717) is 11.6 Å². The predicted octanol–water partition coefficient (Wildman–Crippen LogP) is 5.23. The first-order chi connectivity index (χ1) is 15.9. The second kappa shape index (κ2) is 9.77. The van der Waals surface area contributed by atoms with Gasteiger partial charge in [-0.1, -0.05) is 0 Å². The normalized spacial score (nSPS) is 11.1. The molecule has 0 aromatic heterocycles. The van der Waals surface area contributed by atoms with Gasteiger partial charge >= 0.3 is 6.18 Å². The van der Waals surface area contributed by atoms with Gasteiger partial charge in [-0.15, -0.1) is 0 Å². The third-order valence-corrected chi connectivity index (χ3v) is 4.59. The van der Waals surface area contributed by atoms with Crippen LogP contribution in [-0.2, 0) is 11.0 Å². The molecule has 0 unspecified atom stereocenters. The number of carbonyl (C=O) groups is 2. The summed E-state index contributed by atoms with van der Waals surface area (Å²) in [6, 6.07) is 9.20. The summed E-state index contributed by atoms with van der Waals surface area (Å²) < 4.78 is 72.7. The van der Waals surface area contributed by atoms with Crippen LogP contribution in [0.4, 0.5) is 33.3 Å². The Morgan fingerprint density at radius 1 is 0.971 bits per heavy atom. The first-order valence-corrected chi connectivity index (χ1v) is 9.72. The van der Waals surface area contributed by atoms with Crippen LogP contribution in [0, 0.1) is 18.6 Å². The Morgan fingerprint density at radius 2 is 1.68 bits per heavy atom. The first kappa shape index (κ1) is 24.5. The first-order valence-electron chi connectivity index (χ1n) is 9.72. The molecule has 0 saturated carbocycles. The second-order valence-corrected chi connectivity index (χ2v) is 7.19. The highest BCUT2D eigenvalue weighted by Gasteiger charge is 2.32. The van der Waals surface area contributed by atoms with Crippen molar-refractivity contribution in [3.63, 3.8) is 0 Å². The molecule has 0 radical (unpaired) electrons. The molecule has 0 aliphatic heterocycles. The fourth-order valence-corrected chi connectivity index (χ4v) is 2.94. The molecule has 0 bridgehead atoms. The highest BCUT2D eigenvalue weighted by atomic mass is 19.4. The Morgan fingerprint density at radius 3 is 2.32 bits per heavy atom. The molecule has 11 heteroatoms. The van der Waals surface area contributed by atoms with Gasteiger partial charge in [0.2, 0.25) is 5.91 Å². The van der Waals surface area contributed by atoms with Crippen LogP contribution in [0.1, 0.15) is 21.5 Å². The molecule has 0 saturated heterocycles. The monoisotopic (exact) mass is 479 g/mol. The molecule has 0 fully saturated rings. The Hall–Kier alpha value is -4.15. The number of primary amides is 1. The minimum Gasteiger partial charge on any atom is -0.456 e. The van der Waals surface area contributed by atoms with Crippen molar-refractivity contribution in [2.45, 2.75) is 13.1 Å². The quantitative estimate of drug-likeness (QED) is 0.405. The Bertz CT molecular complexity index is 1250. The number of hydrogen-bond acceptors (Lipinski definition) is 4. The van der Waals surface area contributed by atoms with Crippen molar-refractivity contribution in [1.82, 2.24) is 0 Å². The summed E-state index contributed by atoms with van der Waals surface area (Å²) in [7, 11) is 0. The van der Waals surface area contributed by atoms with Crippen LogP contribution in [0.25, 0.3) is 0 Å². The smallest absolute Gasteiger partial charge is 0.416 e. The topological polar surface area (TPSA) is 93.4 Å². The van der Waals surface area contributed by atoms with Crippen LogP contribution in [0.2, 0.25) is 0 Å². The standard InChI is InChI=1S/C23H18F5N3O3/c1-12-8-14(24)3-7-19(12)34-20-6-2-13(23(26,27)28)9-16(20)22(33)31-15-4-5-17(25)18(10-15)30-11-21(29)32/h2-10,30H,11H2,1H3,(H2,29,32)(H,31,33). The van der Waals surface area contributed by atoms with Gasteiger partial charge in [0.25, 0.3) is 5.91 Å². The number of ether oxygens (including phenoxy) is 1. The number of aryl methyl sites for hydroxylation is 1. The van der Waals surface area contributed by atoms with E-state index in [1.54, 1.807) is 0 Å². The van der Waals surface area contributed by atoms with Gasteiger partial charge in [0.15, 0.2) is 0 Å². The van der Waals surface area contributed by atoms with Crippen LogP contribution >= 0.6 is 0 Å². The summed E-state index contributed by atoms with van der Waals surface area (Å²) in [5, 5.41) is 4.82. The number of carbonyl (C=O) groups excluding carboxylic acids is 2. The molecule has 3 aromatic carbocycles. The fraction of sp³-hybridized carbons (Fsp3) is 0.130. The lowest BCUT2D eigenvalue weighted by Crippen LogP contribution is -2.22. The lowest BCUT2D eigenvalue weighted by atomic mass is 10.1. The number of nitrogens with one attached hydrogen (secondary N) is 2. The lowest BCUT2D eigenvalue weighted by molar-refractivity contribution is -0.137. The van der Waals surface area contributed by atoms with Crippen LogP contribution in [0.15, 0.2) is 54.6 Å². The van der Waals surface area contributed by atoms with Gasteiger partial charge in [-0.05, 0) is 67.1 Å². The van der Waals surface area contributed by atoms with Gasteiger partial charge in [-0.25, -0.2) is 8.78 Å². The van der Waals surface area contributed by atoms with E-state index in [1.165, 1.54) is 19.1 Å². The summed E-state index contributed by atoms with van der Waals surface area (Å²) in [6.45, 7) is 1.15. The van der Waals surface area contributed by atoms with Crippen molar-refractivity contribution < 1.29 is 36.3 Å². The number of alkyl halides is 3. The summed E-state index contributed by atoms with van der Waals surface area (Å²) in [5.74, 6) is -3.09. The lowest BCUT2D eigenvalue weighted by Gasteiger charge is -2.16. The van der Waals surface area contributed by atoms with Crippen molar-refractivity contribution in [3.8, 4) is 11.5 Å². The number of halogens is 5. The summed E-state index contributed by atoms with van der Waals surface area (Å²) >= 11 is 0. The zero-order chi connectivity index (χ0) is 25.0. The maximum absolute atomic E-state index is 13.9. The van der Waals surface area contributed by atoms with Gasteiger partial charge < -0.3 is 21.1 Å². The number of nitrogens with two attached hydrogens (primary N) is 1. The van der Waals surface area contributed by atoms with E-state index in [1.807, 2.05) is 0 Å². The van der Waals surface area contributed by atoms with Crippen molar-refractivity contribution >= 4 is 23.2 Å². The van der Waals surface area contributed by atoms with Crippen LogP contribution in [0.3, 0.4) is 0 Å². The Kier molecular flexibility index (Phi) is 7.04. The fourth-order valence-electron chi connectivity index (χ4n) is 2.94. The molecule has 0 aliphatic rings. The molecule has 178 valence electrons. The number of amides is 2. The van der Waals surface area contributed by atoms with Gasteiger partial charge in [-0.3, -0.25) is 9.59 Å². The Labute approximate surface area is 190 Å². The van der Waals surface area contributed by atoms with E-state index >= 15 is 0 Å². The van der Waals surface area contributed by atoms with Crippen molar-refractivity contribution in [2.75, 3.05) is 17.2 Å². The minimum absolute atomic E-state index is 0.0275. The number of hydrogen-bond donors (Lipinski definition) is 3. The Balaban J connectivity index is 1.95. The molecular weight excluding hydrogens is 461 g/mol. The molecule has 4 N–H and O–H groups in total. The molecule has 2 amide bonds. The zero-order valence-corrected chi connectivity index (χ0v) is 17.6. The molecule has 6 nitrogen and oxygen atoms in total. The van der Waals surface area contributed by atoms with E-state index in [0.717, 1.165) is 36.4 Å². The van der Waals surface area contributed by atoms with Crippen LogP contribution in [0.5, 0.6) is 11.5 Å². The number of benzene rings is 3. The maximum Gasteiger partial charge on any atom is 0.416 e. The van der Waals surface area contributed by atoms with Gasteiger partial charge in [0.05, 0.1) is 23.4 Å². The van der Waals surface area contributed by atoms with E-state index < -0.39 is 40.8 Å². The minimum atomic E-state index is -4.74. The molecular formula is C23H18F5N3O3. The molecule has 0 atom stereocenters. The van der Waals surface area contributed by atoms with Crippen molar-refractivity contribution in [3.05, 3.63) is 82.9 Å². The van der Waals surface area contributed by atoms with Crippen LogP contribution in [-0.4, -0.2) is 18.4 Å². The third kappa shape index (κ3) is 6.00. The summed E-state index contributed by atoms with van der Waals surface area (Å²) in [6.07, 6.45) is -4.74. The molecule has 0 heterocycles. The summed E-state index contributed by atoms with van der Waals surface area (Å²) in [4.78, 5) is 23.8. The average molecular weight is 479 g/mol. The molecule has 3 aromatic rings. The van der Waals surface area contributed by atoms with Crippen molar-refractivity contribution in [1.29, 1.82) is 0 Å². The SMILES string of the molecule is Cc1cc(F)ccc1Oc1ccc(C(F)(F)F)cc1C(=O)Nc1ccc(F)c(NCC(N)=O)c1. The highest BCUT2D eigenvalue weighted by molar-refractivity contribution is 6.06. The summed E-state index contributed by atoms with van der Waals surface area (Å²) in [5.41, 5.74) is 3.69. The third-order valence-electron chi connectivity index (χ3n) is 4.59. The highest BCUT2D eigenvalue weighted by Crippen LogP contribution is 2.35. The molecule has 0 aliphatic carbocycles. The number of anilines is 2. The second-order valence-electron chi connectivity index (χ2n) is 7.19. The molecule has 0 spiro atoms. The van der Waals surface area contributed by atoms with Gasteiger partial charge in [0, 0.05) is 5.69 Å². The predicted molar refractivity (Wildman–Crippen MR) is 115 cm³/mol.